The molecule has 24 heavy (non-hydrogen) atoms. The van der Waals surface area contributed by atoms with E-state index in [4.69, 9.17) is 0 Å². The van der Waals surface area contributed by atoms with E-state index in [1.807, 2.05) is 0 Å². The van der Waals surface area contributed by atoms with Crippen LogP contribution in [0.15, 0.2) is 60.7 Å². The minimum Gasteiger partial charge on any atom is -0.318 e. The largest absolute Gasteiger partial charge is 0.318 e. The number of nitrogens with zero attached hydrogens (tertiary/aromatic N) is 2. The second-order valence-electron chi connectivity index (χ2n) is 6.80. The number of fused-ring (bicyclic) bond motifs is 1. The predicted octanol–water partition coefficient (Wildman–Crippen LogP) is 4.65. The van der Waals surface area contributed by atoms with Gasteiger partial charge in [0.15, 0.2) is 0 Å². The topological polar surface area (TPSA) is 8.17 Å². The maximum absolute atomic E-state index is 2.57. The molecule has 2 heterocycles. The highest BCUT2D eigenvalue weighted by atomic mass is 15.1. The summed E-state index contributed by atoms with van der Waals surface area (Å²) in [6, 6.07) is 21.9. The van der Waals surface area contributed by atoms with Crippen molar-refractivity contribution >= 4 is 0 Å². The molecule has 0 atom stereocenters. The van der Waals surface area contributed by atoms with E-state index in [2.05, 4.69) is 84.0 Å². The zero-order chi connectivity index (χ0) is 16.5. The lowest BCUT2D eigenvalue weighted by Crippen LogP contribution is -2.30. The third kappa shape index (κ3) is 2.78. The van der Waals surface area contributed by atoms with E-state index in [1.54, 1.807) is 0 Å². The zero-order valence-electron chi connectivity index (χ0n) is 14.5. The van der Waals surface area contributed by atoms with E-state index < -0.39 is 0 Å². The van der Waals surface area contributed by atoms with Gasteiger partial charge in [0.05, 0.1) is 0 Å². The smallest absolute Gasteiger partial charge is 0.0455 e. The summed E-state index contributed by atoms with van der Waals surface area (Å²) in [6.45, 7) is 7.68. The normalized spacial score (nSPS) is 14.6. The number of aryl methyl sites for hydroxylation is 1. The summed E-state index contributed by atoms with van der Waals surface area (Å²) < 4.78 is 2.37. The summed E-state index contributed by atoms with van der Waals surface area (Å²) >= 11 is 0. The Morgan fingerprint density at radius 2 is 1.58 bits per heavy atom. The fraction of sp³-hybridized carbons (Fsp3) is 0.273. The van der Waals surface area contributed by atoms with Crippen molar-refractivity contribution in [3.8, 4) is 5.69 Å². The van der Waals surface area contributed by atoms with Crippen LogP contribution in [0.1, 0.15) is 28.1 Å². The van der Waals surface area contributed by atoms with E-state index in [9.17, 15) is 0 Å². The van der Waals surface area contributed by atoms with E-state index >= 15 is 0 Å². The van der Waals surface area contributed by atoms with Gasteiger partial charge in [-0.05, 0) is 55.2 Å². The molecule has 0 amide bonds. The summed E-state index contributed by atoms with van der Waals surface area (Å²) in [5.74, 6) is 0. The number of rotatable bonds is 3. The number of para-hydroxylation sites is 1. The molecule has 0 spiro atoms. The van der Waals surface area contributed by atoms with Gasteiger partial charge in [0.2, 0.25) is 0 Å². The van der Waals surface area contributed by atoms with Crippen LogP contribution < -0.4 is 0 Å². The Balaban J connectivity index is 1.58. The monoisotopic (exact) mass is 316 g/mol. The van der Waals surface area contributed by atoms with E-state index in [0.29, 0.717) is 0 Å². The van der Waals surface area contributed by atoms with Crippen molar-refractivity contribution in [3.63, 3.8) is 0 Å². The van der Waals surface area contributed by atoms with Gasteiger partial charge in [-0.25, -0.2) is 0 Å². The maximum atomic E-state index is 2.57. The molecule has 3 aromatic rings. The predicted molar refractivity (Wildman–Crippen MR) is 99.5 cm³/mol. The molecule has 0 fully saturated rings. The summed E-state index contributed by atoms with van der Waals surface area (Å²) in [5, 5.41) is 0. The van der Waals surface area contributed by atoms with E-state index in [1.165, 1.54) is 33.8 Å². The average Bonchev–Trinajstić information content (AvgIpc) is 2.89. The first-order valence-corrected chi connectivity index (χ1v) is 8.75. The van der Waals surface area contributed by atoms with Gasteiger partial charge in [0.1, 0.15) is 0 Å². The summed E-state index contributed by atoms with van der Waals surface area (Å²) in [6.07, 6.45) is 1.16. The van der Waals surface area contributed by atoms with Crippen LogP contribution in [0.4, 0.5) is 0 Å². The van der Waals surface area contributed by atoms with Crippen molar-refractivity contribution in [2.75, 3.05) is 6.54 Å². The maximum Gasteiger partial charge on any atom is 0.0455 e. The van der Waals surface area contributed by atoms with Crippen LogP contribution in [0, 0.1) is 13.8 Å². The molecule has 0 aliphatic carbocycles. The van der Waals surface area contributed by atoms with Crippen molar-refractivity contribution in [2.45, 2.75) is 33.4 Å². The van der Waals surface area contributed by atoms with Gasteiger partial charge >= 0.3 is 0 Å². The Morgan fingerprint density at radius 1 is 0.875 bits per heavy atom. The van der Waals surface area contributed by atoms with Crippen molar-refractivity contribution < 1.29 is 0 Å². The Hall–Kier alpha value is -2.32. The number of benzene rings is 2. The van der Waals surface area contributed by atoms with Crippen molar-refractivity contribution in [1.29, 1.82) is 0 Å². The highest BCUT2D eigenvalue weighted by molar-refractivity contribution is 5.41. The van der Waals surface area contributed by atoms with Crippen LogP contribution in [-0.2, 0) is 19.5 Å². The van der Waals surface area contributed by atoms with Gasteiger partial charge in [-0.1, -0.05) is 42.5 Å². The molecule has 122 valence electrons. The fourth-order valence-corrected chi connectivity index (χ4v) is 3.89. The van der Waals surface area contributed by atoms with Crippen molar-refractivity contribution in [2.24, 2.45) is 0 Å². The summed E-state index contributed by atoms with van der Waals surface area (Å²) in [4.78, 5) is 2.57. The second kappa shape index (κ2) is 6.29. The van der Waals surface area contributed by atoms with Crippen molar-refractivity contribution in [3.05, 3.63) is 88.7 Å². The summed E-state index contributed by atoms with van der Waals surface area (Å²) in [5.41, 5.74) is 8.37. The molecule has 2 heteroatoms. The highest BCUT2D eigenvalue weighted by Crippen LogP contribution is 2.25. The molecule has 1 aliphatic rings. The van der Waals surface area contributed by atoms with Gasteiger partial charge in [0.25, 0.3) is 0 Å². The average molecular weight is 316 g/mol. The van der Waals surface area contributed by atoms with Crippen LogP contribution in [0.25, 0.3) is 5.69 Å². The third-order valence-corrected chi connectivity index (χ3v) is 5.15. The van der Waals surface area contributed by atoms with Crippen LogP contribution in [-0.4, -0.2) is 16.0 Å². The van der Waals surface area contributed by atoms with Crippen LogP contribution in [0.5, 0.6) is 0 Å². The molecular formula is C22H24N2. The molecule has 0 saturated heterocycles. The highest BCUT2D eigenvalue weighted by Gasteiger charge is 2.18. The zero-order valence-corrected chi connectivity index (χ0v) is 14.5. The first-order valence-electron chi connectivity index (χ1n) is 8.75. The third-order valence-electron chi connectivity index (χ3n) is 5.15. The SMILES string of the molecule is Cc1cc(CN2CCc3ccccc3C2)c(C)n1-c1ccccc1. The van der Waals surface area contributed by atoms with Gasteiger partial charge < -0.3 is 4.57 Å². The van der Waals surface area contributed by atoms with Crippen LogP contribution >= 0.6 is 0 Å². The lowest BCUT2D eigenvalue weighted by molar-refractivity contribution is 0.245. The fourth-order valence-electron chi connectivity index (χ4n) is 3.89. The Kier molecular flexibility index (Phi) is 3.99. The second-order valence-corrected chi connectivity index (χ2v) is 6.80. The van der Waals surface area contributed by atoms with Gasteiger partial charge in [0, 0.05) is 36.7 Å². The van der Waals surface area contributed by atoms with E-state index in [-0.39, 0.29) is 0 Å². The number of hydrogen-bond acceptors (Lipinski definition) is 1. The molecule has 2 aromatic carbocycles. The molecule has 4 rings (SSSR count). The molecule has 0 N–H and O–H groups in total. The molecule has 0 unspecified atom stereocenters. The Morgan fingerprint density at radius 3 is 2.38 bits per heavy atom. The Bertz CT molecular complexity index is 846. The van der Waals surface area contributed by atoms with E-state index in [0.717, 1.165) is 26.1 Å². The molecule has 0 bridgehead atoms. The number of hydrogen-bond donors (Lipinski definition) is 0. The quantitative estimate of drug-likeness (QED) is 0.682. The molecule has 0 saturated carbocycles. The molecule has 0 radical (unpaired) electrons. The van der Waals surface area contributed by atoms with Crippen LogP contribution in [0.3, 0.4) is 0 Å². The molecular weight excluding hydrogens is 292 g/mol. The minimum atomic E-state index is 1.03. The van der Waals surface area contributed by atoms with Gasteiger partial charge in [-0.3, -0.25) is 4.90 Å². The molecule has 1 aliphatic heterocycles. The van der Waals surface area contributed by atoms with Crippen LogP contribution in [0.2, 0.25) is 0 Å². The minimum absolute atomic E-state index is 1.03. The first-order chi connectivity index (χ1) is 11.7. The first kappa shape index (κ1) is 15.2. The number of aromatic nitrogens is 1. The molecule has 2 nitrogen and oxygen atoms in total. The van der Waals surface area contributed by atoms with Gasteiger partial charge in [-0.2, -0.15) is 0 Å². The Labute approximate surface area is 144 Å². The lowest BCUT2D eigenvalue weighted by atomic mass is 9.99. The molecule has 1 aromatic heterocycles. The summed E-state index contributed by atoms with van der Waals surface area (Å²) in [7, 11) is 0. The van der Waals surface area contributed by atoms with Gasteiger partial charge in [-0.15, -0.1) is 0 Å². The lowest BCUT2D eigenvalue weighted by Gasteiger charge is -2.28. The standard InChI is InChI=1S/C22H24N2/c1-17-14-21(18(2)24(17)22-10-4-3-5-11-22)16-23-13-12-19-8-6-7-9-20(19)15-23/h3-11,14H,12-13,15-16H2,1-2H3. The van der Waals surface area contributed by atoms with Crippen molar-refractivity contribution in [1.82, 2.24) is 9.47 Å².